The van der Waals surface area contributed by atoms with Crippen molar-refractivity contribution in [2.45, 2.75) is 25.4 Å². The first-order chi connectivity index (χ1) is 14.6. The number of hydrogen-bond donors (Lipinski definition) is 2. The molecule has 0 saturated heterocycles. The Morgan fingerprint density at radius 1 is 1.10 bits per heavy atom. The van der Waals surface area contributed by atoms with Gasteiger partial charge in [0.05, 0.1) is 28.1 Å². The van der Waals surface area contributed by atoms with Crippen LogP contribution in [-0.2, 0) is 4.74 Å². The van der Waals surface area contributed by atoms with Crippen molar-refractivity contribution in [1.82, 2.24) is 20.2 Å². The molecule has 5 rings (SSSR count). The number of ether oxygens (including phenoxy) is 1. The fourth-order valence-corrected chi connectivity index (χ4v) is 3.71. The lowest BCUT2D eigenvalue weighted by molar-refractivity contribution is 0.00848. The lowest BCUT2D eigenvalue weighted by atomic mass is 9.96. The molecule has 0 amide bonds. The number of nitrogens with zero attached hydrogens (tertiary/aromatic N) is 3. The highest BCUT2D eigenvalue weighted by Gasteiger charge is 2.26. The number of nitrogens with two attached hydrogens (primary N) is 1. The van der Waals surface area contributed by atoms with Crippen molar-refractivity contribution in [3.63, 3.8) is 0 Å². The number of aromatic nitrogens is 4. The second-order valence-corrected chi connectivity index (χ2v) is 7.68. The minimum Gasteiger partial charge on any atom is -0.458 e. The van der Waals surface area contributed by atoms with Crippen LogP contribution in [0, 0.1) is 0 Å². The molecule has 0 bridgehead atoms. The summed E-state index contributed by atoms with van der Waals surface area (Å²) in [5.41, 5.74) is 9.47. The summed E-state index contributed by atoms with van der Waals surface area (Å²) in [6.45, 7) is 0. The molecule has 8 heteroatoms. The van der Waals surface area contributed by atoms with E-state index < -0.39 is 5.97 Å². The standard InChI is InChI=1S/C22H18ClN5O2/c23-16-10-13(9-14-11-25-28-17(14)16)19-18(12-5-2-1-3-6-12)27-21(24)20(26-19)22(29)30-15-7-4-8-15/h1-3,5-6,9-11,15H,4,7-8H2,(H2,24,27)(H,25,28). The average molecular weight is 420 g/mol. The highest BCUT2D eigenvalue weighted by atomic mass is 35.5. The van der Waals surface area contributed by atoms with E-state index in [4.69, 9.17) is 22.1 Å². The Balaban J connectivity index is 1.68. The zero-order valence-electron chi connectivity index (χ0n) is 15.9. The van der Waals surface area contributed by atoms with Gasteiger partial charge in [0.2, 0.25) is 0 Å². The summed E-state index contributed by atoms with van der Waals surface area (Å²) >= 11 is 6.44. The van der Waals surface area contributed by atoms with Gasteiger partial charge in [-0.05, 0) is 31.4 Å². The minimum atomic E-state index is -0.555. The maximum Gasteiger partial charge on any atom is 0.361 e. The number of esters is 1. The number of halogens is 1. The SMILES string of the molecule is Nc1nc(-c2ccccc2)c(-c2cc(Cl)c3[nH]ncc3c2)nc1C(=O)OC1CCC1. The number of nitrogens with one attached hydrogen (secondary N) is 1. The Morgan fingerprint density at radius 2 is 1.87 bits per heavy atom. The normalized spacial score (nSPS) is 13.9. The maximum atomic E-state index is 12.7. The minimum absolute atomic E-state index is 0.0139. The second-order valence-electron chi connectivity index (χ2n) is 7.27. The summed E-state index contributed by atoms with van der Waals surface area (Å²) in [5.74, 6) is -0.515. The van der Waals surface area contributed by atoms with Crippen LogP contribution in [0.15, 0.2) is 48.7 Å². The van der Waals surface area contributed by atoms with E-state index in [9.17, 15) is 4.79 Å². The molecule has 1 aliphatic carbocycles. The molecule has 0 atom stereocenters. The number of H-pyrrole nitrogens is 1. The van der Waals surface area contributed by atoms with Crippen molar-refractivity contribution in [3.05, 3.63) is 59.4 Å². The first-order valence-electron chi connectivity index (χ1n) is 9.67. The van der Waals surface area contributed by atoms with Crippen molar-refractivity contribution in [2.24, 2.45) is 0 Å². The molecule has 3 N–H and O–H groups in total. The average Bonchev–Trinajstić information content (AvgIpc) is 3.20. The first-order valence-corrected chi connectivity index (χ1v) is 10.0. The number of anilines is 1. The van der Waals surface area contributed by atoms with Crippen LogP contribution in [0.25, 0.3) is 33.4 Å². The van der Waals surface area contributed by atoms with Gasteiger partial charge in [-0.1, -0.05) is 41.9 Å². The third-order valence-corrected chi connectivity index (χ3v) is 5.56. The summed E-state index contributed by atoms with van der Waals surface area (Å²) in [7, 11) is 0. The topological polar surface area (TPSA) is 107 Å². The molecule has 150 valence electrons. The van der Waals surface area contributed by atoms with Gasteiger partial charge in [0.1, 0.15) is 6.10 Å². The molecule has 2 aromatic heterocycles. The Kier molecular flexibility index (Phi) is 4.59. The van der Waals surface area contributed by atoms with Crippen LogP contribution in [0.1, 0.15) is 29.8 Å². The molecule has 0 unspecified atom stereocenters. The fraction of sp³-hybridized carbons (Fsp3) is 0.182. The molecule has 4 aromatic rings. The summed E-state index contributed by atoms with van der Waals surface area (Å²) in [6.07, 6.45) is 4.39. The van der Waals surface area contributed by atoms with E-state index in [1.165, 1.54) is 0 Å². The molecule has 30 heavy (non-hydrogen) atoms. The Labute approximate surface area is 177 Å². The Hall–Kier alpha value is -3.45. The van der Waals surface area contributed by atoms with Crippen molar-refractivity contribution in [3.8, 4) is 22.5 Å². The molecule has 0 aliphatic heterocycles. The molecule has 1 fully saturated rings. The highest BCUT2D eigenvalue weighted by Crippen LogP contribution is 2.35. The highest BCUT2D eigenvalue weighted by molar-refractivity contribution is 6.35. The van der Waals surface area contributed by atoms with Crippen molar-refractivity contribution >= 4 is 34.3 Å². The van der Waals surface area contributed by atoms with E-state index in [0.717, 1.165) is 35.7 Å². The van der Waals surface area contributed by atoms with E-state index in [1.807, 2.05) is 36.4 Å². The molecule has 0 radical (unpaired) electrons. The summed E-state index contributed by atoms with van der Waals surface area (Å²) < 4.78 is 5.51. The third-order valence-electron chi connectivity index (χ3n) is 5.26. The number of nitrogen functional groups attached to an aromatic ring is 1. The van der Waals surface area contributed by atoms with E-state index in [1.54, 1.807) is 12.3 Å². The molecule has 2 heterocycles. The van der Waals surface area contributed by atoms with E-state index in [-0.39, 0.29) is 17.6 Å². The lowest BCUT2D eigenvalue weighted by Crippen LogP contribution is -2.26. The Bertz CT molecular complexity index is 1250. The van der Waals surface area contributed by atoms with Crippen LogP contribution in [-0.4, -0.2) is 32.2 Å². The van der Waals surface area contributed by atoms with Gasteiger partial charge in [0.25, 0.3) is 0 Å². The monoisotopic (exact) mass is 419 g/mol. The van der Waals surface area contributed by atoms with E-state index >= 15 is 0 Å². The number of aromatic amines is 1. The zero-order chi connectivity index (χ0) is 20.7. The van der Waals surface area contributed by atoms with Gasteiger partial charge in [0, 0.05) is 16.5 Å². The van der Waals surface area contributed by atoms with Crippen LogP contribution in [0.4, 0.5) is 5.82 Å². The number of benzene rings is 2. The van der Waals surface area contributed by atoms with Gasteiger partial charge in [0.15, 0.2) is 11.5 Å². The van der Waals surface area contributed by atoms with Gasteiger partial charge < -0.3 is 10.5 Å². The van der Waals surface area contributed by atoms with Crippen molar-refractivity contribution in [1.29, 1.82) is 0 Å². The van der Waals surface area contributed by atoms with E-state index in [2.05, 4.69) is 20.2 Å². The second kappa shape index (κ2) is 7.42. The zero-order valence-corrected chi connectivity index (χ0v) is 16.7. The van der Waals surface area contributed by atoms with Gasteiger partial charge in [-0.25, -0.2) is 14.8 Å². The molecule has 1 aliphatic rings. The molecular weight excluding hydrogens is 402 g/mol. The predicted octanol–water partition coefficient (Wildman–Crippen LogP) is 4.63. The van der Waals surface area contributed by atoms with Crippen LogP contribution in [0.2, 0.25) is 5.02 Å². The number of carbonyl (C=O) groups excluding carboxylic acids is 1. The van der Waals surface area contributed by atoms with Gasteiger partial charge in [-0.15, -0.1) is 0 Å². The van der Waals surface area contributed by atoms with Gasteiger partial charge in [-0.3, -0.25) is 5.10 Å². The third kappa shape index (κ3) is 3.27. The number of carbonyl (C=O) groups is 1. The summed E-state index contributed by atoms with van der Waals surface area (Å²) in [5, 5.41) is 8.24. The van der Waals surface area contributed by atoms with Crippen LogP contribution >= 0.6 is 11.6 Å². The van der Waals surface area contributed by atoms with Crippen molar-refractivity contribution < 1.29 is 9.53 Å². The predicted molar refractivity (Wildman–Crippen MR) is 115 cm³/mol. The van der Waals surface area contributed by atoms with Crippen LogP contribution in [0.5, 0.6) is 0 Å². The molecule has 0 spiro atoms. The molecular formula is C22H18ClN5O2. The molecule has 1 saturated carbocycles. The summed E-state index contributed by atoms with van der Waals surface area (Å²) in [4.78, 5) is 21.8. The van der Waals surface area contributed by atoms with Gasteiger partial charge >= 0.3 is 5.97 Å². The van der Waals surface area contributed by atoms with Gasteiger partial charge in [-0.2, -0.15) is 5.10 Å². The molecule has 7 nitrogen and oxygen atoms in total. The number of fused-ring (bicyclic) bond motifs is 1. The smallest absolute Gasteiger partial charge is 0.361 e. The number of rotatable bonds is 4. The maximum absolute atomic E-state index is 12.7. The quantitative estimate of drug-likeness (QED) is 0.467. The van der Waals surface area contributed by atoms with E-state index in [0.29, 0.717) is 22.0 Å². The Morgan fingerprint density at radius 3 is 2.60 bits per heavy atom. The largest absolute Gasteiger partial charge is 0.458 e. The van der Waals surface area contributed by atoms with Crippen LogP contribution < -0.4 is 5.73 Å². The van der Waals surface area contributed by atoms with Crippen LogP contribution in [0.3, 0.4) is 0 Å². The fourth-order valence-electron chi connectivity index (χ4n) is 3.44. The summed E-state index contributed by atoms with van der Waals surface area (Å²) in [6, 6.07) is 13.2. The molecule has 2 aromatic carbocycles. The lowest BCUT2D eigenvalue weighted by Gasteiger charge is -2.25. The number of hydrogen-bond acceptors (Lipinski definition) is 6. The first kappa shape index (κ1) is 18.6. The van der Waals surface area contributed by atoms with Crippen molar-refractivity contribution in [2.75, 3.05) is 5.73 Å².